The van der Waals surface area contributed by atoms with E-state index in [1.54, 1.807) is 0 Å². The smallest absolute Gasteiger partial charge is 0.220 e. The summed E-state index contributed by atoms with van der Waals surface area (Å²) < 4.78 is 7.38. The SMILES string of the molecule is Cc1ncn(CCNC(=O)CCCN2CCOCC2)c1C. The summed E-state index contributed by atoms with van der Waals surface area (Å²) in [5.74, 6) is 0.137. The van der Waals surface area contributed by atoms with Crippen molar-refractivity contribution in [1.82, 2.24) is 19.8 Å². The van der Waals surface area contributed by atoms with E-state index in [2.05, 4.69) is 19.8 Å². The number of hydrogen-bond donors (Lipinski definition) is 1. The van der Waals surface area contributed by atoms with Crippen LogP contribution >= 0.6 is 0 Å². The number of aryl methyl sites for hydroxylation is 1. The first-order valence-corrected chi connectivity index (χ1v) is 7.72. The van der Waals surface area contributed by atoms with Gasteiger partial charge >= 0.3 is 0 Å². The molecule has 1 saturated heterocycles. The van der Waals surface area contributed by atoms with Gasteiger partial charge in [-0.1, -0.05) is 0 Å². The maximum Gasteiger partial charge on any atom is 0.220 e. The van der Waals surface area contributed by atoms with E-state index in [9.17, 15) is 4.79 Å². The Morgan fingerprint density at radius 1 is 1.33 bits per heavy atom. The van der Waals surface area contributed by atoms with Crippen LogP contribution in [0.2, 0.25) is 0 Å². The number of rotatable bonds is 7. The molecule has 6 nitrogen and oxygen atoms in total. The summed E-state index contributed by atoms with van der Waals surface area (Å²) in [7, 11) is 0. The Bertz CT molecular complexity index is 453. The molecule has 0 bridgehead atoms. The lowest BCUT2D eigenvalue weighted by Gasteiger charge is -2.26. The highest BCUT2D eigenvalue weighted by Crippen LogP contribution is 2.03. The molecule has 0 aromatic carbocycles. The van der Waals surface area contributed by atoms with Gasteiger partial charge < -0.3 is 14.6 Å². The minimum atomic E-state index is 0.137. The second kappa shape index (κ2) is 8.14. The lowest BCUT2D eigenvalue weighted by molar-refractivity contribution is -0.121. The van der Waals surface area contributed by atoms with Gasteiger partial charge in [-0.15, -0.1) is 0 Å². The first-order valence-electron chi connectivity index (χ1n) is 7.72. The molecule has 1 aromatic heterocycles. The molecule has 0 saturated carbocycles. The largest absolute Gasteiger partial charge is 0.379 e. The fraction of sp³-hybridized carbons (Fsp3) is 0.733. The van der Waals surface area contributed by atoms with Gasteiger partial charge in [0.1, 0.15) is 0 Å². The summed E-state index contributed by atoms with van der Waals surface area (Å²) in [6, 6.07) is 0. The van der Waals surface area contributed by atoms with Crippen LogP contribution in [0.4, 0.5) is 0 Å². The molecule has 1 N–H and O–H groups in total. The van der Waals surface area contributed by atoms with E-state index in [0.717, 1.165) is 57.2 Å². The first-order chi connectivity index (χ1) is 10.2. The molecule has 0 spiro atoms. The van der Waals surface area contributed by atoms with Crippen molar-refractivity contribution < 1.29 is 9.53 Å². The molecule has 0 atom stereocenters. The number of ether oxygens (including phenoxy) is 1. The quantitative estimate of drug-likeness (QED) is 0.805. The third kappa shape index (κ3) is 5.13. The molecule has 1 aliphatic heterocycles. The van der Waals surface area contributed by atoms with Crippen molar-refractivity contribution >= 4 is 5.91 Å². The Morgan fingerprint density at radius 2 is 2.10 bits per heavy atom. The lowest BCUT2D eigenvalue weighted by atomic mass is 10.2. The fourth-order valence-electron chi connectivity index (χ4n) is 2.46. The second-order valence-corrected chi connectivity index (χ2v) is 5.52. The van der Waals surface area contributed by atoms with Gasteiger partial charge in [0.25, 0.3) is 0 Å². The van der Waals surface area contributed by atoms with Gasteiger partial charge in [-0.2, -0.15) is 0 Å². The zero-order chi connectivity index (χ0) is 15.1. The first kappa shape index (κ1) is 16.0. The van der Waals surface area contributed by atoms with Crippen molar-refractivity contribution in [3.63, 3.8) is 0 Å². The minimum absolute atomic E-state index is 0.137. The summed E-state index contributed by atoms with van der Waals surface area (Å²) in [5, 5.41) is 2.97. The molecule has 0 radical (unpaired) electrons. The number of nitrogens with zero attached hydrogens (tertiary/aromatic N) is 3. The molecule has 1 amide bonds. The third-order valence-corrected chi connectivity index (χ3v) is 4.00. The zero-order valence-electron chi connectivity index (χ0n) is 13.1. The van der Waals surface area contributed by atoms with Crippen LogP contribution in [0.1, 0.15) is 24.2 Å². The van der Waals surface area contributed by atoms with Crippen LogP contribution in [0.25, 0.3) is 0 Å². The summed E-state index contributed by atoms with van der Waals surface area (Å²) in [4.78, 5) is 18.4. The van der Waals surface area contributed by atoms with Gasteiger partial charge in [-0.05, 0) is 26.8 Å². The summed E-state index contributed by atoms with van der Waals surface area (Å²) in [6.45, 7) is 10.1. The molecule has 0 aliphatic carbocycles. The van der Waals surface area contributed by atoms with E-state index in [4.69, 9.17) is 4.74 Å². The number of hydrogen-bond acceptors (Lipinski definition) is 4. The van der Waals surface area contributed by atoms with Gasteiger partial charge in [0.15, 0.2) is 0 Å². The summed E-state index contributed by atoms with van der Waals surface area (Å²) in [6.07, 6.45) is 3.34. The molecule has 2 heterocycles. The van der Waals surface area contributed by atoms with Crippen LogP contribution in [-0.4, -0.2) is 59.8 Å². The van der Waals surface area contributed by atoms with Gasteiger partial charge in [0.2, 0.25) is 5.91 Å². The Hall–Kier alpha value is -1.40. The van der Waals surface area contributed by atoms with Crippen LogP contribution in [-0.2, 0) is 16.1 Å². The molecule has 1 aliphatic rings. The van der Waals surface area contributed by atoms with E-state index in [1.807, 2.05) is 20.2 Å². The molecule has 0 unspecified atom stereocenters. The maximum atomic E-state index is 11.8. The van der Waals surface area contributed by atoms with Crippen LogP contribution in [0.3, 0.4) is 0 Å². The number of imidazole rings is 1. The van der Waals surface area contributed by atoms with Crippen molar-refractivity contribution in [3.8, 4) is 0 Å². The van der Waals surface area contributed by atoms with Crippen LogP contribution in [0.5, 0.6) is 0 Å². The van der Waals surface area contributed by atoms with Crippen molar-refractivity contribution in [2.24, 2.45) is 0 Å². The number of morpholine rings is 1. The normalized spacial score (nSPS) is 16.1. The van der Waals surface area contributed by atoms with Gasteiger partial charge in [-0.25, -0.2) is 4.98 Å². The van der Waals surface area contributed by atoms with Crippen LogP contribution in [0, 0.1) is 13.8 Å². The van der Waals surface area contributed by atoms with Gasteiger partial charge in [0, 0.05) is 38.3 Å². The molecule has 1 aromatic rings. The molecule has 2 rings (SSSR count). The Morgan fingerprint density at radius 3 is 2.76 bits per heavy atom. The predicted molar refractivity (Wildman–Crippen MR) is 81.2 cm³/mol. The molecule has 6 heteroatoms. The van der Waals surface area contributed by atoms with Gasteiger partial charge in [-0.3, -0.25) is 9.69 Å². The monoisotopic (exact) mass is 294 g/mol. The van der Waals surface area contributed by atoms with E-state index in [-0.39, 0.29) is 5.91 Å². The lowest BCUT2D eigenvalue weighted by Crippen LogP contribution is -2.37. The second-order valence-electron chi connectivity index (χ2n) is 5.52. The fourth-order valence-corrected chi connectivity index (χ4v) is 2.46. The van der Waals surface area contributed by atoms with Crippen molar-refractivity contribution in [1.29, 1.82) is 0 Å². The van der Waals surface area contributed by atoms with Crippen LogP contribution < -0.4 is 5.32 Å². The number of amides is 1. The van der Waals surface area contributed by atoms with E-state index < -0.39 is 0 Å². The van der Waals surface area contributed by atoms with Crippen molar-refractivity contribution in [2.45, 2.75) is 33.2 Å². The predicted octanol–water partition coefficient (Wildman–Crippen LogP) is 0.729. The summed E-state index contributed by atoms with van der Waals surface area (Å²) in [5.41, 5.74) is 2.21. The average Bonchev–Trinajstić information content (AvgIpc) is 2.80. The Kier molecular flexibility index (Phi) is 6.20. The molecule has 118 valence electrons. The number of carbonyl (C=O) groups is 1. The number of carbonyl (C=O) groups excluding carboxylic acids is 1. The third-order valence-electron chi connectivity index (χ3n) is 4.00. The zero-order valence-corrected chi connectivity index (χ0v) is 13.1. The Labute approximate surface area is 126 Å². The maximum absolute atomic E-state index is 11.8. The highest BCUT2D eigenvalue weighted by atomic mass is 16.5. The minimum Gasteiger partial charge on any atom is -0.379 e. The van der Waals surface area contributed by atoms with Crippen molar-refractivity contribution in [2.75, 3.05) is 39.4 Å². The van der Waals surface area contributed by atoms with Crippen LogP contribution in [0.15, 0.2) is 6.33 Å². The molecular weight excluding hydrogens is 268 g/mol. The standard InChI is InChI=1S/C15H26N4O2/c1-13-14(2)19(12-17-13)7-5-16-15(20)4-3-6-18-8-10-21-11-9-18/h12H,3-11H2,1-2H3,(H,16,20). The highest BCUT2D eigenvalue weighted by molar-refractivity contribution is 5.75. The number of nitrogens with one attached hydrogen (secondary N) is 1. The van der Waals surface area contributed by atoms with E-state index in [0.29, 0.717) is 13.0 Å². The molecule has 21 heavy (non-hydrogen) atoms. The van der Waals surface area contributed by atoms with E-state index >= 15 is 0 Å². The molecule has 1 fully saturated rings. The Balaban J connectivity index is 1.56. The van der Waals surface area contributed by atoms with Gasteiger partial charge in [0.05, 0.1) is 25.2 Å². The summed E-state index contributed by atoms with van der Waals surface area (Å²) >= 11 is 0. The number of aromatic nitrogens is 2. The average molecular weight is 294 g/mol. The van der Waals surface area contributed by atoms with E-state index in [1.165, 1.54) is 0 Å². The molecular formula is C15H26N4O2. The van der Waals surface area contributed by atoms with Crippen molar-refractivity contribution in [3.05, 3.63) is 17.7 Å². The highest BCUT2D eigenvalue weighted by Gasteiger charge is 2.10. The topological polar surface area (TPSA) is 59.4 Å².